The summed E-state index contributed by atoms with van der Waals surface area (Å²) in [4.78, 5) is 42.0. The number of anilines is 2. The molecule has 0 radical (unpaired) electrons. The Labute approximate surface area is 232 Å². The van der Waals surface area contributed by atoms with Crippen LogP contribution in [0.15, 0.2) is 103 Å². The zero-order chi connectivity index (χ0) is 29.1. The van der Waals surface area contributed by atoms with Crippen LogP contribution in [0.3, 0.4) is 0 Å². The van der Waals surface area contributed by atoms with Crippen molar-refractivity contribution in [2.75, 3.05) is 10.6 Å². The standard InChI is InChI=1S/C32H22F3N3O3/c1-19(39)21-10-5-12-23(16-21)37-31(41)38-24-13-6-11-22(17-24)28-25-14-7-15-27(32(33,34)35)29(25)36-18-26(28)30(40)20-8-3-2-4-9-20/h2-18H,1H3,(H2,37,38,41). The summed E-state index contributed by atoms with van der Waals surface area (Å²) in [6, 6.07) is 24.4. The summed E-state index contributed by atoms with van der Waals surface area (Å²) in [5.74, 6) is -0.560. The highest BCUT2D eigenvalue weighted by molar-refractivity contribution is 6.17. The number of pyridine rings is 1. The number of Topliss-reactive ketones (excluding diaryl/α,β-unsaturated/α-hetero) is 1. The fourth-order valence-electron chi connectivity index (χ4n) is 4.54. The Hall–Kier alpha value is -5.31. The van der Waals surface area contributed by atoms with E-state index in [4.69, 9.17) is 0 Å². The van der Waals surface area contributed by atoms with E-state index < -0.39 is 23.6 Å². The highest BCUT2D eigenvalue weighted by atomic mass is 19.4. The molecule has 0 saturated carbocycles. The number of nitrogens with one attached hydrogen (secondary N) is 2. The first-order valence-corrected chi connectivity index (χ1v) is 12.5. The van der Waals surface area contributed by atoms with Crippen molar-refractivity contribution in [3.63, 3.8) is 0 Å². The van der Waals surface area contributed by atoms with E-state index >= 15 is 0 Å². The second kappa shape index (κ2) is 11.1. The van der Waals surface area contributed by atoms with Gasteiger partial charge in [0, 0.05) is 45.2 Å². The molecule has 6 nitrogen and oxygen atoms in total. The second-order valence-corrected chi connectivity index (χ2v) is 9.24. The minimum Gasteiger partial charge on any atom is -0.308 e. The number of ketones is 2. The number of hydrogen-bond donors (Lipinski definition) is 2. The highest BCUT2D eigenvalue weighted by Gasteiger charge is 2.34. The minimum absolute atomic E-state index is 0.116. The van der Waals surface area contributed by atoms with Crippen LogP contribution in [0, 0.1) is 0 Å². The van der Waals surface area contributed by atoms with Crippen LogP contribution in [0.1, 0.15) is 38.8 Å². The normalized spacial score (nSPS) is 11.2. The minimum atomic E-state index is -4.66. The molecule has 0 atom stereocenters. The van der Waals surface area contributed by atoms with Crippen molar-refractivity contribution in [2.45, 2.75) is 13.1 Å². The molecule has 0 saturated heterocycles. The Morgan fingerprint density at radius 1 is 0.732 bits per heavy atom. The number of carbonyl (C=O) groups is 3. The van der Waals surface area contributed by atoms with Gasteiger partial charge in [-0.15, -0.1) is 0 Å². The topological polar surface area (TPSA) is 88.2 Å². The van der Waals surface area contributed by atoms with Gasteiger partial charge in [0.15, 0.2) is 11.6 Å². The molecule has 2 N–H and O–H groups in total. The van der Waals surface area contributed by atoms with Crippen LogP contribution in [0.25, 0.3) is 22.0 Å². The van der Waals surface area contributed by atoms with Crippen LogP contribution in [0.5, 0.6) is 0 Å². The molecule has 0 bridgehead atoms. The van der Waals surface area contributed by atoms with Crippen LogP contribution in [0.2, 0.25) is 0 Å². The van der Waals surface area contributed by atoms with Gasteiger partial charge in [-0.3, -0.25) is 14.6 Å². The van der Waals surface area contributed by atoms with Gasteiger partial charge in [-0.1, -0.05) is 66.7 Å². The summed E-state index contributed by atoms with van der Waals surface area (Å²) >= 11 is 0. The zero-order valence-electron chi connectivity index (χ0n) is 21.6. The SMILES string of the molecule is CC(=O)c1cccc(NC(=O)Nc2cccc(-c3c(C(=O)c4ccccc4)cnc4c(C(F)(F)F)cccc34)c2)c1. The molecular formula is C32H22F3N3O3. The first-order valence-electron chi connectivity index (χ1n) is 12.5. The van der Waals surface area contributed by atoms with Crippen molar-refractivity contribution < 1.29 is 27.6 Å². The lowest BCUT2D eigenvalue weighted by molar-refractivity contribution is -0.136. The molecule has 204 valence electrons. The quantitative estimate of drug-likeness (QED) is 0.209. The molecule has 41 heavy (non-hydrogen) atoms. The number of hydrogen-bond acceptors (Lipinski definition) is 4. The highest BCUT2D eigenvalue weighted by Crippen LogP contribution is 2.39. The van der Waals surface area contributed by atoms with Crippen molar-refractivity contribution in [3.8, 4) is 11.1 Å². The number of urea groups is 1. The van der Waals surface area contributed by atoms with Crippen LogP contribution in [0.4, 0.5) is 29.3 Å². The van der Waals surface area contributed by atoms with E-state index in [0.29, 0.717) is 28.1 Å². The maximum absolute atomic E-state index is 13.9. The number of nitrogens with zero attached hydrogens (tertiary/aromatic N) is 1. The third-order valence-electron chi connectivity index (χ3n) is 6.42. The fourth-order valence-corrected chi connectivity index (χ4v) is 4.54. The molecule has 4 aromatic carbocycles. The molecule has 5 aromatic rings. The van der Waals surface area contributed by atoms with Crippen molar-refractivity contribution in [3.05, 3.63) is 126 Å². The molecule has 0 aliphatic heterocycles. The van der Waals surface area contributed by atoms with Gasteiger partial charge in [0.25, 0.3) is 0 Å². The van der Waals surface area contributed by atoms with Crippen molar-refractivity contribution >= 4 is 39.9 Å². The lowest BCUT2D eigenvalue weighted by Crippen LogP contribution is -2.19. The number of rotatable bonds is 6. The average Bonchev–Trinajstić information content (AvgIpc) is 2.96. The molecule has 0 aliphatic rings. The number of alkyl halides is 3. The smallest absolute Gasteiger partial charge is 0.308 e. The van der Waals surface area contributed by atoms with Gasteiger partial charge in [-0.05, 0) is 42.8 Å². The Morgan fingerprint density at radius 3 is 2.05 bits per heavy atom. The van der Waals surface area contributed by atoms with E-state index in [1.807, 2.05) is 0 Å². The zero-order valence-corrected chi connectivity index (χ0v) is 21.6. The van der Waals surface area contributed by atoms with E-state index in [1.54, 1.807) is 78.9 Å². The Kier molecular flexibility index (Phi) is 7.35. The Morgan fingerprint density at radius 2 is 1.37 bits per heavy atom. The van der Waals surface area contributed by atoms with Crippen molar-refractivity contribution in [1.29, 1.82) is 0 Å². The number of para-hydroxylation sites is 1. The predicted octanol–water partition coefficient (Wildman–Crippen LogP) is 8.00. The van der Waals surface area contributed by atoms with E-state index in [-0.39, 0.29) is 27.8 Å². The molecule has 5 rings (SSSR count). The summed E-state index contributed by atoms with van der Waals surface area (Å²) in [6.07, 6.45) is -3.49. The number of carbonyl (C=O) groups excluding carboxylic acids is 3. The number of benzene rings is 4. The number of amides is 2. The first-order chi connectivity index (χ1) is 19.6. The molecule has 0 spiro atoms. The molecular weight excluding hydrogens is 531 g/mol. The van der Waals surface area contributed by atoms with Crippen LogP contribution in [-0.4, -0.2) is 22.6 Å². The molecule has 1 aromatic heterocycles. The molecule has 9 heteroatoms. The third kappa shape index (κ3) is 5.84. The third-order valence-corrected chi connectivity index (χ3v) is 6.42. The summed E-state index contributed by atoms with van der Waals surface area (Å²) < 4.78 is 41.6. The van der Waals surface area contributed by atoms with Crippen molar-refractivity contribution in [2.24, 2.45) is 0 Å². The van der Waals surface area contributed by atoms with E-state index in [2.05, 4.69) is 15.6 Å². The van der Waals surface area contributed by atoms with Crippen molar-refractivity contribution in [1.82, 2.24) is 4.98 Å². The van der Waals surface area contributed by atoms with Gasteiger partial charge in [-0.2, -0.15) is 13.2 Å². The maximum Gasteiger partial charge on any atom is 0.418 e. The molecule has 1 heterocycles. The molecule has 2 amide bonds. The van der Waals surface area contributed by atoms with E-state index in [0.717, 1.165) is 12.3 Å². The largest absolute Gasteiger partial charge is 0.418 e. The predicted molar refractivity (Wildman–Crippen MR) is 151 cm³/mol. The van der Waals surface area contributed by atoms with Crippen LogP contribution >= 0.6 is 0 Å². The monoisotopic (exact) mass is 553 g/mol. The Balaban J connectivity index is 1.57. The first kappa shape index (κ1) is 27.3. The van der Waals surface area contributed by atoms with E-state index in [1.165, 1.54) is 19.1 Å². The lowest BCUT2D eigenvalue weighted by Gasteiger charge is -2.16. The van der Waals surface area contributed by atoms with E-state index in [9.17, 15) is 27.6 Å². The number of halogens is 3. The van der Waals surface area contributed by atoms with Gasteiger partial charge in [0.1, 0.15) is 0 Å². The lowest BCUT2D eigenvalue weighted by atomic mass is 9.91. The number of aromatic nitrogens is 1. The van der Waals surface area contributed by atoms with Gasteiger partial charge in [0.05, 0.1) is 11.1 Å². The molecule has 0 unspecified atom stereocenters. The van der Waals surface area contributed by atoms with Gasteiger partial charge in [-0.25, -0.2) is 4.79 Å². The summed E-state index contributed by atoms with van der Waals surface area (Å²) in [7, 11) is 0. The van der Waals surface area contributed by atoms with Crippen LogP contribution in [-0.2, 0) is 6.18 Å². The average molecular weight is 554 g/mol. The number of fused-ring (bicyclic) bond motifs is 1. The maximum atomic E-state index is 13.9. The second-order valence-electron chi connectivity index (χ2n) is 9.24. The molecule has 0 aliphatic carbocycles. The molecule has 0 fully saturated rings. The van der Waals surface area contributed by atoms with Gasteiger partial charge < -0.3 is 10.6 Å². The van der Waals surface area contributed by atoms with Gasteiger partial charge >= 0.3 is 12.2 Å². The summed E-state index contributed by atoms with van der Waals surface area (Å²) in [6.45, 7) is 1.42. The fraction of sp³-hybridized carbons (Fsp3) is 0.0625. The summed E-state index contributed by atoms with van der Waals surface area (Å²) in [5, 5.41) is 5.50. The summed E-state index contributed by atoms with van der Waals surface area (Å²) in [5.41, 5.74) is 1.09. The van der Waals surface area contributed by atoms with Crippen LogP contribution < -0.4 is 10.6 Å². The Bertz CT molecular complexity index is 1800. The van der Waals surface area contributed by atoms with Gasteiger partial charge in [0.2, 0.25) is 0 Å².